The number of carbonyl (C=O) groups is 1. The first-order valence-electron chi connectivity index (χ1n) is 8.40. The van der Waals surface area contributed by atoms with E-state index in [0.717, 1.165) is 18.5 Å². The quantitative estimate of drug-likeness (QED) is 0.789. The van der Waals surface area contributed by atoms with Gasteiger partial charge in [0.2, 0.25) is 15.9 Å². The maximum atomic E-state index is 12.5. The molecule has 1 unspecified atom stereocenters. The second-order valence-corrected chi connectivity index (χ2v) is 9.66. The van der Waals surface area contributed by atoms with E-state index in [1.165, 1.54) is 0 Å². The summed E-state index contributed by atoms with van der Waals surface area (Å²) in [6.45, 7) is 3.91. The standard InChI is InChI=1S/C16H25N3O3S2/c1-3-4-9-24(21,22)18-7-6-16(12-18)13-19(14-5-8-23-11-14)15(20)10-17(16)2/h5,8,11H,3-4,6-7,9-10,12-13H2,1-2H3. The van der Waals surface area contributed by atoms with Gasteiger partial charge in [-0.15, -0.1) is 0 Å². The van der Waals surface area contributed by atoms with Gasteiger partial charge in [-0.1, -0.05) is 13.3 Å². The van der Waals surface area contributed by atoms with Crippen LogP contribution in [0.15, 0.2) is 16.8 Å². The number of hydrogen-bond donors (Lipinski definition) is 0. The van der Waals surface area contributed by atoms with Gasteiger partial charge in [0.05, 0.1) is 23.5 Å². The molecule has 1 atom stereocenters. The molecule has 1 spiro atoms. The van der Waals surface area contributed by atoms with E-state index in [1.807, 2.05) is 40.6 Å². The molecule has 2 aliphatic rings. The first-order valence-corrected chi connectivity index (χ1v) is 10.9. The molecular formula is C16H25N3O3S2. The maximum Gasteiger partial charge on any atom is 0.241 e. The summed E-state index contributed by atoms with van der Waals surface area (Å²) in [5.74, 6) is 0.296. The van der Waals surface area contributed by atoms with E-state index in [9.17, 15) is 13.2 Å². The lowest BCUT2D eigenvalue weighted by Crippen LogP contribution is -2.64. The van der Waals surface area contributed by atoms with Crippen LogP contribution in [0.3, 0.4) is 0 Å². The van der Waals surface area contributed by atoms with E-state index in [0.29, 0.717) is 32.6 Å². The van der Waals surface area contributed by atoms with Gasteiger partial charge in [0.15, 0.2) is 0 Å². The average molecular weight is 372 g/mol. The zero-order chi connectivity index (χ0) is 17.4. The number of nitrogens with zero attached hydrogens (tertiary/aromatic N) is 3. The lowest BCUT2D eigenvalue weighted by molar-refractivity contribution is -0.123. The van der Waals surface area contributed by atoms with E-state index in [-0.39, 0.29) is 17.2 Å². The number of rotatable bonds is 5. The molecule has 134 valence electrons. The smallest absolute Gasteiger partial charge is 0.241 e. The molecule has 2 saturated heterocycles. The summed E-state index contributed by atoms with van der Waals surface area (Å²) in [5, 5.41) is 3.94. The highest BCUT2D eigenvalue weighted by molar-refractivity contribution is 7.89. The molecule has 2 fully saturated rings. The van der Waals surface area contributed by atoms with Gasteiger partial charge in [-0.3, -0.25) is 9.69 Å². The number of amides is 1. The summed E-state index contributed by atoms with van der Waals surface area (Å²) in [4.78, 5) is 16.3. The van der Waals surface area contributed by atoms with Crippen molar-refractivity contribution in [2.45, 2.75) is 31.7 Å². The van der Waals surface area contributed by atoms with Crippen LogP contribution >= 0.6 is 11.3 Å². The highest BCUT2D eigenvalue weighted by atomic mass is 32.2. The number of unbranched alkanes of at least 4 members (excludes halogenated alkanes) is 1. The fourth-order valence-electron chi connectivity index (χ4n) is 3.56. The van der Waals surface area contributed by atoms with Crippen LogP contribution in [0.5, 0.6) is 0 Å². The number of sulfonamides is 1. The summed E-state index contributed by atoms with van der Waals surface area (Å²) in [6.07, 6.45) is 2.34. The van der Waals surface area contributed by atoms with Crippen molar-refractivity contribution in [2.24, 2.45) is 0 Å². The molecule has 3 heterocycles. The van der Waals surface area contributed by atoms with Gasteiger partial charge >= 0.3 is 0 Å². The molecule has 0 aliphatic carbocycles. The Balaban J connectivity index is 1.79. The van der Waals surface area contributed by atoms with Gasteiger partial charge < -0.3 is 4.90 Å². The number of hydrogen-bond acceptors (Lipinski definition) is 5. The molecule has 8 heteroatoms. The van der Waals surface area contributed by atoms with E-state index in [4.69, 9.17) is 0 Å². The second kappa shape index (κ2) is 6.74. The van der Waals surface area contributed by atoms with E-state index >= 15 is 0 Å². The van der Waals surface area contributed by atoms with Crippen molar-refractivity contribution in [2.75, 3.05) is 43.9 Å². The van der Waals surface area contributed by atoms with Crippen molar-refractivity contribution in [1.82, 2.24) is 9.21 Å². The molecule has 1 amide bonds. The number of likely N-dealkylation sites (N-methyl/N-ethyl adjacent to an activating group) is 1. The summed E-state index contributed by atoms with van der Waals surface area (Å²) in [5.41, 5.74) is 0.638. The van der Waals surface area contributed by atoms with Crippen LogP contribution in [-0.4, -0.2) is 68.0 Å². The van der Waals surface area contributed by atoms with E-state index in [2.05, 4.69) is 0 Å². The summed E-state index contributed by atoms with van der Waals surface area (Å²) < 4.78 is 26.7. The van der Waals surface area contributed by atoms with Gasteiger partial charge in [-0.2, -0.15) is 15.6 Å². The van der Waals surface area contributed by atoms with Crippen molar-refractivity contribution in [1.29, 1.82) is 0 Å². The minimum Gasteiger partial charge on any atom is -0.309 e. The number of piperazine rings is 1. The maximum absolute atomic E-state index is 12.5. The Morgan fingerprint density at radius 1 is 1.33 bits per heavy atom. The van der Waals surface area contributed by atoms with Gasteiger partial charge in [0.25, 0.3) is 0 Å². The van der Waals surface area contributed by atoms with Crippen molar-refractivity contribution < 1.29 is 13.2 Å². The number of carbonyl (C=O) groups excluding carboxylic acids is 1. The molecule has 0 N–H and O–H groups in total. The minimum absolute atomic E-state index is 0.0776. The Morgan fingerprint density at radius 3 is 2.79 bits per heavy atom. The van der Waals surface area contributed by atoms with Crippen LogP contribution in [0.4, 0.5) is 5.69 Å². The van der Waals surface area contributed by atoms with E-state index < -0.39 is 10.0 Å². The van der Waals surface area contributed by atoms with Crippen LogP contribution < -0.4 is 4.90 Å². The highest BCUT2D eigenvalue weighted by Gasteiger charge is 2.49. The first kappa shape index (κ1) is 17.8. The number of thiophene rings is 1. The third-order valence-corrected chi connectivity index (χ3v) is 7.77. The molecule has 0 saturated carbocycles. The molecule has 24 heavy (non-hydrogen) atoms. The number of anilines is 1. The molecule has 6 nitrogen and oxygen atoms in total. The lowest BCUT2D eigenvalue weighted by Gasteiger charge is -2.46. The van der Waals surface area contributed by atoms with Crippen molar-refractivity contribution in [3.05, 3.63) is 16.8 Å². The summed E-state index contributed by atoms with van der Waals surface area (Å²) in [6, 6.07) is 1.95. The van der Waals surface area contributed by atoms with Crippen LogP contribution in [-0.2, 0) is 14.8 Å². The SMILES string of the molecule is CCCCS(=O)(=O)N1CCC2(CN(c3ccsc3)C(=O)CN2C)C1. The van der Waals surface area contributed by atoms with Crippen molar-refractivity contribution >= 4 is 33.0 Å². The van der Waals surface area contributed by atoms with E-state index in [1.54, 1.807) is 15.6 Å². The molecule has 1 aromatic rings. The molecule has 0 aromatic carbocycles. The van der Waals surface area contributed by atoms with Gasteiger partial charge in [0.1, 0.15) is 0 Å². The fourth-order valence-corrected chi connectivity index (χ4v) is 5.92. The van der Waals surface area contributed by atoms with Gasteiger partial charge in [-0.05, 0) is 31.3 Å². The molecule has 1 aromatic heterocycles. The van der Waals surface area contributed by atoms with Crippen LogP contribution in [0.25, 0.3) is 0 Å². The third-order valence-electron chi connectivity index (χ3n) is 5.20. The highest BCUT2D eigenvalue weighted by Crippen LogP contribution is 2.35. The summed E-state index contributed by atoms with van der Waals surface area (Å²) in [7, 11) is -1.26. The predicted molar refractivity (Wildman–Crippen MR) is 96.9 cm³/mol. The fraction of sp³-hybridized carbons (Fsp3) is 0.688. The van der Waals surface area contributed by atoms with Gasteiger partial charge in [0, 0.05) is 25.0 Å². The topological polar surface area (TPSA) is 60.9 Å². The first-order chi connectivity index (χ1) is 11.4. The predicted octanol–water partition coefficient (Wildman–Crippen LogP) is 1.60. The third kappa shape index (κ3) is 3.24. The Hall–Kier alpha value is -0.960. The normalized spacial score (nSPS) is 26.6. The van der Waals surface area contributed by atoms with Crippen LogP contribution in [0.2, 0.25) is 0 Å². The Kier molecular flexibility index (Phi) is 5.01. The minimum atomic E-state index is -3.20. The zero-order valence-electron chi connectivity index (χ0n) is 14.3. The van der Waals surface area contributed by atoms with Crippen molar-refractivity contribution in [3.63, 3.8) is 0 Å². The second-order valence-electron chi connectivity index (χ2n) is 6.79. The molecule has 0 bridgehead atoms. The molecule has 2 aliphatic heterocycles. The Bertz CT molecular complexity index is 689. The monoisotopic (exact) mass is 371 g/mol. The largest absolute Gasteiger partial charge is 0.309 e. The zero-order valence-corrected chi connectivity index (χ0v) is 15.9. The van der Waals surface area contributed by atoms with Crippen LogP contribution in [0, 0.1) is 0 Å². The molecule has 3 rings (SSSR count). The molecule has 0 radical (unpaired) electrons. The van der Waals surface area contributed by atoms with Gasteiger partial charge in [-0.25, -0.2) is 8.42 Å². The molecular weight excluding hydrogens is 346 g/mol. The Labute approximate surface area is 148 Å². The summed E-state index contributed by atoms with van der Waals surface area (Å²) >= 11 is 1.57. The Morgan fingerprint density at radius 2 is 2.12 bits per heavy atom. The lowest BCUT2D eigenvalue weighted by atomic mass is 9.93. The van der Waals surface area contributed by atoms with Crippen molar-refractivity contribution in [3.8, 4) is 0 Å². The average Bonchev–Trinajstić information content (AvgIpc) is 3.20. The van der Waals surface area contributed by atoms with Crippen LogP contribution in [0.1, 0.15) is 26.2 Å².